The van der Waals surface area contributed by atoms with Gasteiger partial charge >= 0.3 is 0 Å². The van der Waals surface area contributed by atoms with Crippen molar-refractivity contribution in [3.05, 3.63) is 65.5 Å². The monoisotopic (exact) mass is 305 g/mol. The third-order valence-corrected chi connectivity index (χ3v) is 4.83. The normalized spacial score (nSPS) is 15.9. The van der Waals surface area contributed by atoms with Crippen molar-refractivity contribution in [3.63, 3.8) is 0 Å². The van der Waals surface area contributed by atoms with Gasteiger partial charge in [-0.25, -0.2) is 12.8 Å². The van der Waals surface area contributed by atoms with Crippen molar-refractivity contribution in [1.82, 2.24) is 4.31 Å². The number of halogens is 1. The molecule has 1 aliphatic heterocycles. The van der Waals surface area contributed by atoms with E-state index in [0.29, 0.717) is 0 Å². The van der Waals surface area contributed by atoms with E-state index in [0.717, 1.165) is 12.1 Å². The molecule has 1 aliphatic rings. The lowest BCUT2D eigenvalue weighted by molar-refractivity contribution is 0.0737. The van der Waals surface area contributed by atoms with Crippen molar-refractivity contribution in [1.29, 1.82) is 0 Å². The van der Waals surface area contributed by atoms with Gasteiger partial charge in [-0.15, -0.1) is 0 Å². The van der Waals surface area contributed by atoms with E-state index in [4.69, 9.17) is 0 Å². The number of benzene rings is 2. The number of imide groups is 1. The zero-order valence-electron chi connectivity index (χ0n) is 10.5. The Bertz CT molecular complexity index is 876. The van der Waals surface area contributed by atoms with Gasteiger partial charge in [0.1, 0.15) is 10.7 Å². The molecule has 2 aromatic carbocycles. The summed E-state index contributed by atoms with van der Waals surface area (Å²) < 4.78 is 38.3. The summed E-state index contributed by atoms with van der Waals surface area (Å²) in [5, 5.41) is 0. The fourth-order valence-electron chi connectivity index (χ4n) is 2.13. The van der Waals surface area contributed by atoms with Crippen LogP contribution in [0.1, 0.15) is 20.7 Å². The van der Waals surface area contributed by atoms with Gasteiger partial charge in [0.2, 0.25) is 0 Å². The molecule has 0 aromatic heterocycles. The molecule has 106 valence electrons. The molecule has 0 aliphatic carbocycles. The zero-order valence-corrected chi connectivity index (χ0v) is 11.3. The Morgan fingerprint density at radius 2 is 1.62 bits per heavy atom. The van der Waals surface area contributed by atoms with Crippen LogP contribution in [0.5, 0.6) is 0 Å². The molecular formula is C14H8FNO4S. The Kier molecular flexibility index (Phi) is 2.87. The molecule has 0 N–H and O–H groups in total. The van der Waals surface area contributed by atoms with Gasteiger partial charge in [-0.3, -0.25) is 9.59 Å². The van der Waals surface area contributed by atoms with E-state index in [9.17, 15) is 22.4 Å². The quantitative estimate of drug-likeness (QED) is 0.753. The van der Waals surface area contributed by atoms with Crippen LogP contribution in [0.3, 0.4) is 0 Å². The highest BCUT2D eigenvalue weighted by Gasteiger charge is 2.45. The number of rotatable bonds is 1. The molecule has 0 spiro atoms. The third kappa shape index (κ3) is 1.85. The highest BCUT2D eigenvalue weighted by molar-refractivity contribution is 7.90. The number of carbonyl (C=O) groups is 2. The van der Waals surface area contributed by atoms with E-state index in [1.54, 1.807) is 0 Å². The summed E-state index contributed by atoms with van der Waals surface area (Å²) in [6.07, 6.45) is 0. The maximum Gasteiger partial charge on any atom is 0.277 e. The Morgan fingerprint density at radius 3 is 2.29 bits per heavy atom. The van der Waals surface area contributed by atoms with Gasteiger partial charge in [0.25, 0.3) is 21.8 Å². The summed E-state index contributed by atoms with van der Waals surface area (Å²) >= 11 is 0. The summed E-state index contributed by atoms with van der Waals surface area (Å²) in [5.74, 6) is -3.06. The smallest absolute Gasteiger partial charge is 0.267 e. The minimum Gasteiger partial charge on any atom is -0.267 e. The summed E-state index contributed by atoms with van der Waals surface area (Å²) in [6.45, 7) is 0. The lowest BCUT2D eigenvalue weighted by Gasteiger charge is -2.13. The second-order valence-corrected chi connectivity index (χ2v) is 6.11. The van der Waals surface area contributed by atoms with Gasteiger partial charge in [0, 0.05) is 0 Å². The number of hydrogen-bond donors (Lipinski definition) is 0. The molecule has 21 heavy (non-hydrogen) atoms. The minimum absolute atomic E-state index is 0.0952. The molecule has 0 saturated carbocycles. The Balaban J connectivity index is 2.16. The first-order chi connectivity index (χ1) is 9.94. The van der Waals surface area contributed by atoms with Crippen LogP contribution in [0.4, 0.5) is 4.39 Å². The Morgan fingerprint density at radius 1 is 1.00 bits per heavy atom. The van der Waals surface area contributed by atoms with E-state index in [1.165, 1.54) is 36.4 Å². The molecule has 2 aromatic rings. The van der Waals surface area contributed by atoms with Crippen LogP contribution in [-0.4, -0.2) is 24.5 Å². The van der Waals surface area contributed by atoms with E-state index < -0.39 is 33.2 Å². The van der Waals surface area contributed by atoms with E-state index in [-0.39, 0.29) is 14.8 Å². The van der Waals surface area contributed by atoms with Gasteiger partial charge in [-0.05, 0) is 24.3 Å². The van der Waals surface area contributed by atoms with Crippen LogP contribution in [0.15, 0.2) is 53.4 Å². The van der Waals surface area contributed by atoms with Crippen LogP contribution in [0.25, 0.3) is 0 Å². The molecule has 1 heterocycles. The van der Waals surface area contributed by atoms with E-state index in [2.05, 4.69) is 0 Å². The molecule has 7 heteroatoms. The van der Waals surface area contributed by atoms with Crippen LogP contribution >= 0.6 is 0 Å². The van der Waals surface area contributed by atoms with Crippen LogP contribution < -0.4 is 0 Å². The van der Waals surface area contributed by atoms with Crippen molar-refractivity contribution >= 4 is 21.8 Å². The average molecular weight is 305 g/mol. The number of fused-ring (bicyclic) bond motifs is 1. The minimum atomic E-state index is -4.29. The van der Waals surface area contributed by atoms with Crippen molar-refractivity contribution in [2.75, 3.05) is 0 Å². The summed E-state index contributed by atoms with van der Waals surface area (Å²) in [4.78, 5) is 24.1. The molecule has 0 saturated heterocycles. The molecule has 5 nitrogen and oxygen atoms in total. The number of nitrogens with zero attached hydrogens (tertiary/aromatic N) is 1. The predicted octanol–water partition coefficient (Wildman–Crippen LogP) is 1.81. The first-order valence-electron chi connectivity index (χ1n) is 5.92. The van der Waals surface area contributed by atoms with Crippen molar-refractivity contribution < 1.29 is 22.4 Å². The topological polar surface area (TPSA) is 71.5 Å². The predicted molar refractivity (Wildman–Crippen MR) is 70.5 cm³/mol. The fourth-order valence-corrected chi connectivity index (χ4v) is 3.64. The first kappa shape index (κ1) is 13.4. The molecule has 0 bridgehead atoms. The SMILES string of the molecule is O=C(c1ccccc1F)N1C(=O)c2ccccc2S1(=O)=O. The zero-order chi connectivity index (χ0) is 15.2. The van der Waals surface area contributed by atoms with Crippen LogP contribution in [-0.2, 0) is 10.0 Å². The second kappa shape index (κ2) is 4.49. The molecule has 0 radical (unpaired) electrons. The number of amides is 2. The van der Waals surface area contributed by atoms with Crippen molar-refractivity contribution in [3.8, 4) is 0 Å². The van der Waals surface area contributed by atoms with E-state index in [1.807, 2.05) is 0 Å². The lowest BCUT2D eigenvalue weighted by Crippen LogP contribution is -2.36. The van der Waals surface area contributed by atoms with Crippen LogP contribution in [0, 0.1) is 5.82 Å². The highest BCUT2D eigenvalue weighted by atomic mass is 32.2. The van der Waals surface area contributed by atoms with Crippen LogP contribution in [0.2, 0.25) is 0 Å². The third-order valence-electron chi connectivity index (χ3n) is 3.11. The fraction of sp³-hybridized carbons (Fsp3) is 0. The molecule has 3 rings (SSSR count). The van der Waals surface area contributed by atoms with Gasteiger partial charge in [0.15, 0.2) is 0 Å². The highest BCUT2D eigenvalue weighted by Crippen LogP contribution is 2.31. The molecule has 2 amide bonds. The number of hydrogen-bond acceptors (Lipinski definition) is 4. The van der Waals surface area contributed by atoms with Gasteiger partial charge in [-0.1, -0.05) is 24.3 Å². The van der Waals surface area contributed by atoms with Gasteiger partial charge < -0.3 is 0 Å². The molecule has 0 unspecified atom stereocenters. The number of sulfonamides is 1. The number of carbonyl (C=O) groups excluding carboxylic acids is 2. The van der Waals surface area contributed by atoms with Gasteiger partial charge in [0.05, 0.1) is 11.1 Å². The maximum atomic E-state index is 13.6. The first-order valence-corrected chi connectivity index (χ1v) is 7.36. The van der Waals surface area contributed by atoms with Gasteiger partial charge in [-0.2, -0.15) is 4.31 Å². The average Bonchev–Trinajstić information content (AvgIpc) is 2.67. The van der Waals surface area contributed by atoms with Crippen molar-refractivity contribution in [2.45, 2.75) is 4.90 Å². The molecule has 0 fully saturated rings. The molecule has 0 atom stereocenters. The summed E-state index contributed by atoms with van der Waals surface area (Å²) in [7, 11) is -4.29. The van der Waals surface area contributed by atoms with E-state index >= 15 is 0 Å². The Hall–Kier alpha value is -2.54. The maximum absolute atomic E-state index is 13.6. The standard InChI is InChI=1S/C14H8FNO4S/c15-11-7-3-1-5-9(11)13(17)16-14(18)10-6-2-4-8-12(10)21(16,19)20/h1-8H. The van der Waals surface area contributed by atoms with Crippen molar-refractivity contribution in [2.24, 2.45) is 0 Å². The second-order valence-electron chi connectivity index (χ2n) is 4.36. The lowest BCUT2D eigenvalue weighted by atomic mass is 10.1. The Labute approximate surface area is 119 Å². The summed E-state index contributed by atoms with van der Waals surface area (Å²) in [6, 6.07) is 10.4. The summed E-state index contributed by atoms with van der Waals surface area (Å²) in [5.41, 5.74) is -0.565. The molecular weight excluding hydrogens is 297 g/mol. The largest absolute Gasteiger partial charge is 0.277 e.